The number of carbonyl (C=O) groups is 1. The molecule has 1 heterocycles. The van der Waals surface area contributed by atoms with Crippen molar-refractivity contribution in [3.8, 4) is 11.8 Å². The molecule has 0 radical (unpaired) electrons. The van der Waals surface area contributed by atoms with Crippen molar-refractivity contribution < 1.29 is 14.3 Å². The van der Waals surface area contributed by atoms with Crippen molar-refractivity contribution in [3.63, 3.8) is 0 Å². The molecule has 0 aliphatic heterocycles. The average Bonchev–Trinajstić information content (AvgIpc) is 2.70. The maximum absolute atomic E-state index is 12.0. The van der Waals surface area contributed by atoms with Gasteiger partial charge in [-0.2, -0.15) is 5.26 Å². The number of thioether (sulfide) groups is 1. The van der Waals surface area contributed by atoms with E-state index in [1.807, 2.05) is 48.5 Å². The van der Waals surface area contributed by atoms with Gasteiger partial charge in [0, 0.05) is 5.39 Å². The van der Waals surface area contributed by atoms with Crippen molar-refractivity contribution in [1.29, 1.82) is 5.26 Å². The van der Waals surface area contributed by atoms with Crippen molar-refractivity contribution in [1.82, 2.24) is 4.98 Å². The van der Waals surface area contributed by atoms with Gasteiger partial charge in [-0.05, 0) is 29.8 Å². The quantitative estimate of drug-likeness (QED) is 0.487. The topological polar surface area (TPSA) is 72.2 Å². The summed E-state index contributed by atoms with van der Waals surface area (Å²) in [5.41, 5.74) is 2.10. The van der Waals surface area contributed by atoms with Gasteiger partial charge in [0.2, 0.25) is 0 Å². The zero-order valence-electron chi connectivity index (χ0n) is 14.1. The first-order valence-electron chi connectivity index (χ1n) is 7.91. The maximum atomic E-state index is 12.0. The van der Waals surface area contributed by atoms with E-state index >= 15 is 0 Å². The van der Waals surface area contributed by atoms with Gasteiger partial charge in [-0.3, -0.25) is 4.79 Å². The summed E-state index contributed by atoms with van der Waals surface area (Å²) in [5.74, 6) is 0.448. The molecular formula is C20H16N2O3S. The Hall–Kier alpha value is -3.04. The average molecular weight is 364 g/mol. The number of aromatic nitrogens is 1. The van der Waals surface area contributed by atoms with Crippen LogP contribution in [0.4, 0.5) is 0 Å². The van der Waals surface area contributed by atoms with Crippen LogP contribution in [-0.2, 0) is 16.1 Å². The molecule has 0 fully saturated rings. The number of rotatable bonds is 6. The minimum absolute atomic E-state index is 0.0934. The lowest BCUT2D eigenvalue weighted by Crippen LogP contribution is -2.07. The number of esters is 1. The summed E-state index contributed by atoms with van der Waals surface area (Å²) in [7, 11) is 1.59. The maximum Gasteiger partial charge on any atom is 0.316 e. The molecule has 2 aromatic carbocycles. The lowest BCUT2D eigenvalue weighted by Gasteiger charge is -2.07. The van der Waals surface area contributed by atoms with Gasteiger partial charge in [-0.15, -0.1) is 0 Å². The molecule has 5 nitrogen and oxygen atoms in total. The molecule has 3 rings (SSSR count). The minimum atomic E-state index is -0.348. The monoisotopic (exact) mass is 364 g/mol. The Morgan fingerprint density at radius 3 is 2.73 bits per heavy atom. The molecular weight excluding hydrogens is 348 g/mol. The van der Waals surface area contributed by atoms with Gasteiger partial charge in [0.25, 0.3) is 0 Å². The van der Waals surface area contributed by atoms with Crippen molar-refractivity contribution in [3.05, 3.63) is 65.7 Å². The number of ether oxygens (including phenoxy) is 2. The van der Waals surface area contributed by atoms with Gasteiger partial charge < -0.3 is 9.47 Å². The van der Waals surface area contributed by atoms with Crippen LogP contribution in [0.25, 0.3) is 10.9 Å². The SMILES string of the molecule is COc1ccc2nc(SCC(=O)OCc3ccccc3)c(C#N)cc2c1. The predicted octanol–water partition coefficient (Wildman–Crippen LogP) is 3.95. The van der Waals surface area contributed by atoms with Gasteiger partial charge >= 0.3 is 5.97 Å². The minimum Gasteiger partial charge on any atom is -0.497 e. The lowest BCUT2D eigenvalue weighted by molar-refractivity contribution is -0.141. The predicted molar refractivity (Wildman–Crippen MR) is 100.0 cm³/mol. The van der Waals surface area contributed by atoms with Crippen LogP contribution in [-0.4, -0.2) is 23.8 Å². The highest BCUT2D eigenvalue weighted by Gasteiger charge is 2.11. The van der Waals surface area contributed by atoms with Crippen LogP contribution in [0.5, 0.6) is 5.75 Å². The highest BCUT2D eigenvalue weighted by molar-refractivity contribution is 7.99. The molecule has 26 heavy (non-hydrogen) atoms. The number of nitrogens with zero attached hydrogens (tertiary/aromatic N) is 2. The van der Waals surface area contributed by atoms with E-state index in [1.165, 1.54) is 11.8 Å². The third kappa shape index (κ3) is 4.32. The van der Waals surface area contributed by atoms with E-state index < -0.39 is 0 Å². The first-order valence-corrected chi connectivity index (χ1v) is 8.89. The Balaban J connectivity index is 1.68. The molecule has 130 valence electrons. The summed E-state index contributed by atoms with van der Waals surface area (Å²) in [6, 6.07) is 18.8. The zero-order chi connectivity index (χ0) is 18.4. The zero-order valence-corrected chi connectivity index (χ0v) is 15.0. The molecule has 0 saturated carbocycles. The lowest BCUT2D eigenvalue weighted by atomic mass is 10.1. The number of benzene rings is 2. The fourth-order valence-electron chi connectivity index (χ4n) is 2.36. The molecule has 0 N–H and O–H groups in total. The molecule has 3 aromatic rings. The Morgan fingerprint density at radius 1 is 1.19 bits per heavy atom. The first-order chi connectivity index (χ1) is 12.7. The van der Waals surface area contributed by atoms with Gasteiger partial charge in [-0.25, -0.2) is 4.98 Å². The highest BCUT2D eigenvalue weighted by atomic mass is 32.2. The fraction of sp³-hybridized carbons (Fsp3) is 0.150. The standard InChI is InChI=1S/C20H16N2O3S/c1-24-17-7-8-18-15(10-17)9-16(11-21)20(22-18)26-13-19(23)25-12-14-5-3-2-4-6-14/h2-10H,12-13H2,1H3. The Morgan fingerprint density at radius 2 is 2.00 bits per heavy atom. The Bertz CT molecular complexity index is 968. The van der Waals surface area contributed by atoms with Gasteiger partial charge in [0.05, 0.1) is 23.9 Å². The molecule has 0 aliphatic rings. The smallest absolute Gasteiger partial charge is 0.316 e. The normalized spacial score (nSPS) is 10.3. The number of nitriles is 1. The van der Waals surface area contributed by atoms with Gasteiger partial charge in [0.15, 0.2) is 0 Å². The Kier molecular flexibility index (Phi) is 5.72. The van der Waals surface area contributed by atoms with E-state index in [-0.39, 0.29) is 18.3 Å². The molecule has 0 saturated heterocycles. The molecule has 1 aromatic heterocycles. The summed E-state index contributed by atoms with van der Waals surface area (Å²) < 4.78 is 10.4. The highest BCUT2D eigenvalue weighted by Crippen LogP contribution is 2.27. The summed E-state index contributed by atoms with van der Waals surface area (Å²) in [5, 5.41) is 10.7. The fourth-order valence-corrected chi connectivity index (χ4v) is 3.12. The molecule has 0 unspecified atom stereocenters. The van der Waals surface area contributed by atoms with Crippen molar-refractivity contribution in [2.75, 3.05) is 12.9 Å². The van der Waals surface area contributed by atoms with Crippen LogP contribution in [0.3, 0.4) is 0 Å². The van der Waals surface area contributed by atoms with Crippen LogP contribution >= 0.6 is 11.8 Å². The summed E-state index contributed by atoms with van der Waals surface area (Å²) in [6.45, 7) is 0.232. The molecule has 0 spiro atoms. The van der Waals surface area contributed by atoms with Gasteiger partial charge in [0.1, 0.15) is 23.5 Å². The molecule has 0 aliphatic carbocycles. The van der Waals surface area contributed by atoms with E-state index in [0.717, 1.165) is 16.5 Å². The van der Waals surface area contributed by atoms with Crippen LogP contribution in [0.2, 0.25) is 0 Å². The second-order valence-electron chi connectivity index (χ2n) is 5.45. The largest absolute Gasteiger partial charge is 0.497 e. The molecule has 0 amide bonds. The number of carbonyl (C=O) groups excluding carboxylic acids is 1. The molecule has 0 bridgehead atoms. The second kappa shape index (κ2) is 8.37. The second-order valence-corrected chi connectivity index (χ2v) is 6.41. The number of methoxy groups -OCH3 is 1. The molecule has 0 atom stereocenters. The van der Waals surface area contributed by atoms with Gasteiger partial charge in [-0.1, -0.05) is 42.1 Å². The van der Waals surface area contributed by atoms with Crippen LogP contribution in [0, 0.1) is 11.3 Å². The Labute approximate surface area is 155 Å². The van der Waals surface area contributed by atoms with E-state index in [1.54, 1.807) is 13.2 Å². The van der Waals surface area contributed by atoms with Crippen molar-refractivity contribution in [2.24, 2.45) is 0 Å². The van der Waals surface area contributed by atoms with Crippen molar-refractivity contribution >= 4 is 28.6 Å². The number of pyridine rings is 1. The van der Waals surface area contributed by atoms with E-state index in [4.69, 9.17) is 9.47 Å². The van der Waals surface area contributed by atoms with Crippen LogP contribution in [0.1, 0.15) is 11.1 Å². The van der Waals surface area contributed by atoms with Crippen LogP contribution < -0.4 is 4.74 Å². The summed E-state index contributed by atoms with van der Waals surface area (Å²) >= 11 is 1.20. The number of fused-ring (bicyclic) bond motifs is 1. The van der Waals surface area contributed by atoms with Crippen LogP contribution in [0.15, 0.2) is 59.6 Å². The van der Waals surface area contributed by atoms with E-state index in [0.29, 0.717) is 16.3 Å². The number of hydrogen-bond acceptors (Lipinski definition) is 6. The van der Waals surface area contributed by atoms with E-state index in [9.17, 15) is 10.1 Å². The van der Waals surface area contributed by atoms with E-state index in [2.05, 4.69) is 11.1 Å². The first kappa shape index (κ1) is 17.8. The summed E-state index contributed by atoms with van der Waals surface area (Å²) in [6.07, 6.45) is 0. The number of hydrogen-bond donors (Lipinski definition) is 0. The van der Waals surface area contributed by atoms with Crippen molar-refractivity contribution in [2.45, 2.75) is 11.6 Å². The molecule has 6 heteroatoms. The third-order valence-electron chi connectivity index (χ3n) is 3.68. The third-order valence-corrected chi connectivity index (χ3v) is 4.64. The summed E-state index contributed by atoms with van der Waals surface area (Å²) in [4.78, 5) is 16.5.